The van der Waals surface area contributed by atoms with E-state index in [9.17, 15) is 0 Å². The predicted molar refractivity (Wildman–Crippen MR) is 223 cm³/mol. The average Bonchev–Trinajstić information content (AvgIpc) is 3.84. The van der Waals surface area contributed by atoms with Crippen LogP contribution in [0.2, 0.25) is 0 Å². The van der Waals surface area contributed by atoms with Gasteiger partial charge in [-0.1, -0.05) is 146 Å². The minimum atomic E-state index is 0.609. The van der Waals surface area contributed by atoms with Gasteiger partial charge in [-0.25, -0.2) is 4.98 Å². The average molecular weight is 697 g/mol. The third kappa shape index (κ3) is 5.66. The van der Waals surface area contributed by atoms with Crippen molar-refractivity contribution in [1.82, 2.24) is 4.98 Å². The molecule has 0 aliphatic heterocycles. The van der Waals surface area contributed by atoms with E-state index in [1.165, 1.54) is 43.3 Å². The van der Waals surface area contributed by atoms with E-state index in [0.717, 1.165) is 44.0 Å². The third-order valence-corrected chi connectivity index (χ3v) is 11.0. The zero-order valence-electron chi connectivity index (χ0n) is 28.7. The molecule has 0 bridgehead atoms. The van der Waals surface area contributed by atoms with Gasteiger partial charge in [-0.3, -0.25) is 0 Å². The number of oxazole rings is 1. The molecule has 0 radical (unpaired) electrons. The fourth-order valence-electron chi connectivity index (χ4n) is 7.30. The summed E-state index contributed by atoms with van der Waals surface area (Å²) in [4.78, 5) is 7.61. The Morgan fingerprint density at radius 1 is 0.415 bits per heavy atom. The Kier molecular flexibility index (Phi) is 7.67. The van der Waals surface area contributed by atoms with Crippen molar-refractivity contribution in [2.24, 2.45) is 0 Å². The highest BCUT2D eigenvalue weighted by molar-refractivity contribution is 7.26. The summed E-state index contributed by atoms with van der Waals surface area (Å²) in [5.41, 5.74) is 12.7. The maximum absolute atomic E-state index is 6.59. The topological polar surface area (TPSA) is 29.3 Å². The van der Waals surface area contributed by atoms with Crippen LogP contribution in [0.1, 0.15) is 0 Å². The Labute approximate surface area is 311 Å². The Balaban J connectivity index is 1.17. The molecule has 3 nitrogen and oxygen atoms in total. The first-order chi connectivity index (χ1) is 26.3. The second-order valence-corrected chi connectivity index (χ2v) is 14.3. The summed E-state index contributed by atoms with van der Waals surface area (Å²) >= 11 is 1.79. The third-order valence-electron chi connectivity index (χ3n) is 9.93. The van der Waals surface area contributed by atoms with Crippen LogP contribution in [0.15, 0.2) is 199 Å². The molecule has 53 heavy (non-hydrogen) atoms. The van der Waals surface area contributed by atoms with Gasteiger partial charge in [0, 0.05) is 43.2 Å². The quantitative estimate of drug-likeness (QED) is 0.166. The number of rotatable bonds is 7. The number of hydrogen-bond donors (Lipinski definition) is 0. The molecule has 250 valence electrons. The molecule has 4 heteroatoms. The van der Waals surface area contributed by atoms with Crippen LogP contribution in [0, 0.1) is 0 Å². The van der Waals surface area contributed by atoms with Gasteiger partial charge in [-0.15, -0.1) is 11.3 Å². The second kappa shape index (κ2) is 13.1. The van der Waals surface area contributed by atoms with Gasteiger partial charge in [0.1, 0.15) is 5.52 Å². The van der Waals surface area contributed by atoms with Gasteiger partial charge < -0.3 is 9.32 Å². The molecule has 10 aromatic rings. The highest BCUT2D eigenvalue weighted by Gasteiger charge is 2.25. The van der Waals surface area contributed by atoms with E-state index in [1.807, 2.05) is 30.3 Å². The predicted octanol–water partition coefficient (Wildman–Crippen LogP) is 14.3. The Hall–Kier alpha value is -6.75. The molecule has 0 amide bonds. The molecule has 2 aromatic heterocycles. The summed E-state index contributed by atoms with van der Waals surface area (Å²) in [6.07, 6.45) is 0. The van der Waals surface area contributed by atoms with E-state index in [4.69, 9.17) is 9.40 Å². The molecule has 0 aliphatic rings. The minimum absolute atomic E-state index is 0.609. The number of benzene rings is 8. The molecule has 2 heterocycles. The molecule has 8 aromatic carbocycles. The Morgan fingerprint density at radius 2 is 0.849 bits per heavy atom. The molecule has 0 saturated heterocycles. The number of aromatic nitrogens is 1. The highest BCUT2D eigenvalue weighted by atomic mass is 32.1. The van der Waals surface area contributed by atoms with E-state index < -0.39 is 0 Å². The molecule has 0 spiro atoms. The van der Waals surface area contributed by atoms with Crippen molar-refractivity contribution >= 4 is 59.7 Å². The maximum Gasteiger partial charge on any atom is 0.227 e. The number of nitrogens with zero attached hydrogens (tertiary/aromatic N) is 2. The van der Waals surface area contributed by atoms with Crippen LogP contribution in [0.25, 0.3) is 76.1 Å². The van der Waals surface area contributed by atoms with Gasteiger partial charge in [0.05, 0.1) is 5.69 Å². The van der Waals surface area contributed by atoms with Crippen molar-refractivity contribution in [3.05, 3.63) is 194 Å². The Bertz CT molecular complexity index is 2840. The monoisotopic (exact) mass is 696 g/mol. The largest absolute Gasteiger partial charge is 0.436 e. The SMILES string of the molecule is c1ccc(-c2ccc(-c3ccc(N(c4ccc(-c5ccccc5)cc4)c4c5nc(-c6ccccc6)oc5cc5sc6ccccc6c45)cc3)cc2)cc1. The van der Waals surface area contributed by atoms with Gasteiger partial charge in [0.25, 0.3) is 0 Å². The lowest BCUT2D eigenvalue weighted by atomic mass is 9.99. The smallest absolute Gasteiger partial charge is 0.227 e. The van der Waals surface area contributed by atoms with Crippen LogP contribution in [0.3, 0.4) is 0 Å². The first-order valence-corrected chi connectivity index (χ1v) is 18.6. The van der Waals surface area contributed by atoms with Crippen molar-refractivity contribution in [2.45, 2.75) is 0 Å². The fourth-order valence-corrected chi connectivity index (χ4v) is 8.44. The van der Waals surface area contributed by atoms with Crippen molar-refractivity contribution in [1.29, 1.82) is 0 Å². The summed E-state index contributed by atoms with van der Waals surface area (Å²) in [5, 5.41) is 2.37. The van der Waals surface area contributed by atoms with Gasteiger partial charge >= 0.3 is 0 Å². The molecule has 10 rings (SSSR count). The summed E-state index contributed by atoms with van der Waals surface area (Å²) in [6.45, 7) is 0. The van der Waals surface area contributed by atoms with Gasteiger partial charge in [-0.05, 0) is 75.8 Å². The molecular formula is C49H32N2OS. The molecule has 0 atom stereocenters. The second-order valence-electron chi connectivity index (χ2n) is 13.2. The van der Waals surface area contributed by atoms with E-state index in [-0.39, 0.29) is 0 Å². The van der Waals surface area contributed by atoms with Crippen LogP contribution in [-0.4, -0.2) is 4.98 Å². The number of fused-ring (bicyclic) bond motifs is 4. The van der Waals surface area contributed by atoms with E-state index in [0.29, 0.717) is 5.89 Å². The van der Waals surface area contributed by atoms with Crippen LogP contribution < -0.4 is 4.90 Å². The lowest BCUT2D eigenvalue weighted by Gasteiger charge is -2.27. The number of thiophene rings is 1. The number of hydrogen-bond acceptors (Lipinski definition) is 4. The fraction of sp³-hybridized carbons (Fsp3) is 0. The molecule has 0 saturated carbocycles. The van der Waals surface area contributed by atoms with Crippen LogP contribution >= 0.6 is 11.3 Å². The molecule has 0 fully saturated rings. The first-order valence-electron chi connectivity index (χ1n) is 17.8. The van der Waals surface area contributed by atoms with Gasteiger partial charge in [-0.2, -0.15) is 0 Å². The van der Waals surface area contributed by atoms with Crippen molar-refractivity contribution < 1.29 is 4.42 Å². The zero-order valence-corrected chi connectivity index (χ0v) is 29.5. The first kappa shape index (κ1) is 31.0. The van der Waals surface area contributed by atoms with E-state index in [2.05, 4.69) is 169 Å². The minimum Gasteiger partial charge on any atom is -0.436 e. The van der Waals surface area contributed by atoms with Crippen molar-refractivity contribution in [2.75, 3.05) is 4.90 Å². The lowest BCUT2D eigenvalue weighted by molar-refractivity contribution is 0.620. The molecule has 0 unspecified atom stereocenters. The number of anilines is 3. The van der Waals surface area contributed by atoms with E-state index in [1.54, 1.807) is 11.3 Å². The summed E-state index contributed by atoms with van der Waals surface area (Å²) < 4.78 is 8.97. The molecular weight excluding hydrogens is 665 g/mol. The van der Waals surface area contributed by atoms with E-state index >= 15 is 0 Å². The maximum atomic E-state index is 6.59. The molecule has 0 N–H and O–H groups in total. The Morgan fingerprint density at radius 3 is 1.38 bits per heavy atom. The summed E-state index contributed by atoms with van der Waals surface area (Å²) in [6, 6.07) is 68.6. The zero-order chi connectivity index (χ0) is 35.1. The normalized spacial score (nSPS) is 11.4. The molecule has 0 aliphatic carbocycles. The summed E-state index contributed by atoms with van der Waals surface area (Å²) in [7, 11) is 0. The van der Waals surface area contributed by atoms with Crippen molar-refractivity contribution in [3.8, 4) is 44.8 Å². The van der Waals surface area contributed by atoms with Crippen LogP contribution in [0.4, 0.5) is 17.1 Å². The highest BCUT2D eigenvalue weighted by Crippen LogP contribution is 2.49. The van der Waals surface area contributed by atoms with Gasteiger partial charge in [0.2, 0.25) is 5.89 Å². The van der Waals surface area contributed by atoms with Crippen LogP contribution in [-0.2, 0) is 0 Å². The lowest BCUT2D eigenvalue weighted by Crippen LogP contribution is -2.11. The standard InChI is InChI=1S/C49H32N2OS/c1-4-12-33(13-5-1)35-20-22-36(23-21-35)38-26-30-41(31-27-38)51(40-28-24-37(25-29-40)34-14-6-2-7-15-34)48-46-42-18-10-11-19-44(42)53-45(46)32-43-47(48)50-49(52-43)39-16-8-3-9-17-39/h1-32H. The van der Waals surface area contributed by atoms with Crippen molar-refractivity contribution in [3.63, 3.8) is 0 Å². The van der Waals surface area contributed by atoms with Gasteiger partial charge in [0.15, 0.2) is 5.58 Å². The van der Waals surface area contributed by atoms with Crippen LogP contribution in [0.5, 0.6) is 0 Å². The summed E-state index contributed by atoms with van der Waals surface area (Å²) in [5.74, 6) is 0.609.